The summed E-state index contributed by atoms with van der Waals surface area (Å²) in [5.41, 5.74) is 12.2. The average molecular weight is 785 g/mol. The van der Waals surface area contributed by atoms with Crippen LogP contribution in [0.2, 0.25) is 0 Å². The lowest BCUT2D eigenvalue weighted by Crippen LogP contribution is -1.94. The summed E-state index contributed by atoms with van der Waals surface area (Å²) >= 11 is 0. The van der Waals surface area contributed by atoms with Crippen LogP contribution in [-0.2, 0) is 6.42 Å². The highest BCUT2D eigenvalue weighted by Gasteiger charge is 2.16. The first-order valence-corrected chi connectivity index (χ1v) is 20.7. The number of rotatable bonds is 10. The van der Waals surface area contributed by atoms with Gasteiger partial charge in [-0.15, -0.1) is 6.58 Å². The molecule has 0 bridgehead atoms. The van der Waals surface area contributed by atoms with E-state index < -0.39 is 0 Å². The number of fused-ring (bicyclic) bond motifs is 6. The minimum atomic E-state index is 0. The fraction of sp³-hybridized carbons (Fsp3) is 0.200. The number of nitrogens with zero attached hydrogens (tertiary/aromatic N) is 2. The molecule has 0 saturated heterocycles. The van der Waals surface area contributed by atoms with Gasteiger partial charge in [-0.2, -0.15) is 13.5 Å². The lowest BCUT2D eigenvalue weighted by atomic mass is 9.99. The first-order valence-electron chi connectivity index (χ1n) is 20.7. The Kier molecular flexibility index (Phi) is 19.4. The first kappa shape index (κ1) is 46.6. The minimum Gasteiger partial charge on any atom is -0.316 e. The molecule has 0 atom stereocenters. The second-order valence-corrected chi connectivity index (χ2v) is 13.1. The van der Waals surface area contributed by atoms with Crippen LogP contribution < -0.4 is 0 Å². The minimum absolute atomic E-state index is 0. The summed E-state index contributed by atoms with van der Waals surface area (Å²) in [6.45, 7) is 21.8. The van der Waals surface area contributed by atoms with Gasteiger partial charge in [0.2, 0.25) is 0 Å². The van der Waals surface area contributed by atoms with Gasteiger partial charge in [0.1, 0.15) is 0 Å². The number of para-hydroxylation sites is 1. The fourth-order valence-corrected chi connectivity index (χ4v) is 6.95. The summed E-state index contributed by atoms with van der Waals surface area (Å²) in [6.07, 6.45) is 27.2. The molecule has 0 radical (unpaired) electrons. The van der Waals surface area contributed by atoms with Crippen molar-refractivity contribution in [3.05, 3.63) is 188 Å². The molecule has 7 aromatic rings. The highest BCUT2D eigenvalue weighted by atomic mass is 32.1. The molecule has 0 aliphatic carbocycles. The summed E-state index contributed by atoms with van der Waals surface area (Å²) in [4.78, 5) is 0. The SMILES string of the molecule is C=CCC.CC.CC.C\C=C/C=C\C=C\n1c2ccccc2c2cc(-c3ccc4c(c3)c3cc(C(/C=C\C)=C/C)ccc3n4-c3ccc(C/C=C\C)cc3)ccc21.S. The number of allylic oxidation sites excluding steroid dienone is 12. The van der Waals surface area contributed by atoms with Gasteiger partial charge in [0.25, 0.3) is 0 Å². The van der Waals surface area contributed by atoms with Crippen molar-refractivity contribution in [2.75, 3.05) is 0 Å². The Hall–Kier alpha value is -5.77. The topological polar surface area (TPSA) is 9.86 Å². The van der Waals surface area contributed by atoms with Gasteiger partial charge in [0.15, 0.2) is 0 Å². The Labute approximate surface area is 356 Å². The molecule has 300 valence electrons. The second kappa shape index (κ2) is 24.1. The Morgan fingerprint density at radius 3 is 1.76 bits per heavy atom. The highest BCUT2D eigenvalue weighted by molar-refractivity contribution is 7.59. The molecule has 0 amide bonds. The maximum atomic E-state index is 3.48. The lowest BCUT2D eigenvalue weighted by Gasteiger charge is -2.10. The predicted molar refractivity (Wildman–Crippen MR) is 269 cm³/mol. The molecule has 0 spiro atoms. The molecular weight excluding hydrogens is 721 g/mol. The van der Waals surface area contributed by atoms with Crippen molar-refractivity contribution in [3.63, 3.8) is 0 Å². The maximum Gasteiger partial charge on any atom is 0.0541 e. The van der Waals surface area contributed by atoms with Crippen LogP contribution in [0.3, 0.4) is 0 Å². The molecule has 2 nitrogen and oxygen atoms in total. The van der Waals surface area contributed by atoms with Crippen molar-refractivity contribution in [1.82, 2.24) is 9.13 Å². The standard InChI is InChI=1S/C47H42N2.C4H8.2C2H6.H2S/c1-5-9-11-12-15-30-48-44-19-14-13-18-40(44)41-32-37(22-27-45(41)48)38-24-29-47-43(33-38)42-31-36(35(8-4)16-7-3)23-28-46(42)49(47)39-25-20-34(21-26-39)17-10-6-2;1-3-4-2;2*1-2;/h5-16,18-33H,17H2,1-4H3;3H,1,4H2,2H3;2*1-2H3;1H2/b9-5-,10-6-,12-11-,16-7-,30-15+,35-8+;;;;. The third kappa shape index (κ3) is 10.6. The maximum absolute atomic E-state index is 3.48. The van der Waals surface area contributed by atoms with Gasteiger partial charge in [0, 0.05) is 33.4 Å². The van der Waals surface area contributed by atoms with Crippen LogP contribution in [0.4, 0.5) is 0 Å². The van der Waals surface area contributed by atoms with Gasteiger partial charge in [-0.05, 0) is 129 Å². The summed E-state index contributed by atoms with van der Waals surface area (Å²) in [7, 11) is 0. The summed E-state index contributed by atoms with van der Waals surface area (Å²) in [5, 5.41) is 5.01. The largest absolute Gasteiger partial charge is 0.316 e. The highest BCUT2D eigenvalue weighted by Crippen LogP contribution is 2.38. The van der Waals surface area contributed by atoms with Crippen LogP contribution in [0, 0.1) is 0 Å². The molecule has 5 aromatic carbocycles. The van der Waals surface area contributed by atoms with Gasteiger partial charge in [-0.1, -0.05) is 144 Å². The summed E-state index contributed by atoms with van der Waals surface area (Å²) < 4.78 is 4.71. The molecule has 2 aromatic heterocycles. The van der Waals surface area contributed by atoms with Crippen molar-refractivity contribution in [3.8, 4) is 16.8 Å². The van der Waals surface area contributed by atoms with E-state index in [0.717, 1.165) is 12.8 Å². The van der Waals surface area contributed by atoms with Gasteiger partial charge in [-0.25, -0.2) is 0 Å². The number of aromatic nitrogens is 2. The Bertz CT molecular complexity index is 2560. The lowest BCUT2D eigenvalue weighted by molar-refractivity contribution is 1.16. The van der Waals surface area contributed by atoms with Gasteiger partial charge >= 0.3 is 0 Å². The van der Waals surface area contributed by atoms with Crippen molar-refractivity contribution >= 4 is 68.9 Å². The molecule has 0 N–H and O–H groups in total. The molecule has 0 aliphatic rings. The zero-order chi connectivity index (χ0) is 41.2. The van der Waals surface area contributed by atoms with E-state index >= 15 is 0 Å². The van der Waals surface area contributed by atoms with Gasteiger partial charge in [0.05, 0.1) is 22.1 Å². The van der Waals surface area contributed by atoms with Crippen LogP contribution in [0.1, 0.15) is 79.9 Å². The monoisotopic (exact) mass is 784 g/mol. The Morgan fingerprint density at radius 1 is 0.586 bits per heavy atom. The van der Waals surface area contributed by atoms with Crippen LogP contribution >= 0.6 is 13.5 Å². The third-order valence-corrected chi connectivity index (χ3v) is 9.63. The zero-order valence-electron chi connectivity index (χ0n) is 36.3. The molecule has 3 heteroatoms. The number of benzene rings is 5. The van der Waals surface area contributed by atoms with Gasteiger partial charge < -0.3 is 9.13 Å². The van der Waals surface area contributed by atoms with Crippen LogP contribution in [0.5, 0.6) is 0 Å². The second-order valence-electron chi connectivity index (χ2n) is 13.1. The van der Waals surface area contributed by atoms with E-state index in [4.69, 9.17) is 0 Å². The van der Waals surface area contributed by atoms with Crippen LogP contribution in [-0.4, -0.2) is 9.13 Å². The van der Waals surface area contributed by atoms with E-state index in [1.54, 1.807) is 0 Å². The molecule has 0 fully saturated rings. The summed E-state index contributed by atoms with van der Waals surface area (Å²) in [5.74, 6) is 0. The van der Waals surface area contributed by atoms with Crippen LogP contribution in [0.25, 0.3) is 72.2 Å². The molecule has 7 rings (SSSR count). The third-order valence-electron chi connectivity index (χ3n) is 9.63. The first-order chi connectivity index (χ1) is 28.1. The molecule has 58 heavy (non-hydrogen) atoms. The predicted octanol–water partition coefficient (Wildman–Crippen LogP) is 17.0. The molecular formula is C55H64N2S. The fourth-order valence-electron chi connectivity index (χ4n) is 6.95. The molecule has 2 heterocycles. The zero-order valence-corrected chi connectivity index (χ0v) is 37.3. The smallest absolute Gasteiger partial charge is 0.0541 e. The van der Waals surface area contributed by atoms with E-state index in [0.29, 0.717) is 0 Å². The van der Waals surface area contributed by atoms with E-state index in [9.17, 15) is 0 Å². The Morgan fingerprint density at radius 2 is 1.16 bits per heavy atom. The molecule has 0 aliphatic heterocycles. The number of hydrogen-bond acceptors (Lipinski definition) is 0. The molecule has 0 saturated carbocycles. The van der Waals surface area contributed by atoms with Crippen molar-refractivity contribution in [1.29, 1.82) is 0 Å². The van der Waals surface area contributed by atoms with Gasteiger partial charge in [-0.3, -0.25) is 0 Å². The van der Waals surface area contributed by atoms with Crippen molar-refractivity contribution < 1.29 is 0 Å². The molecule has 0 unspecified atom stereocenters. The van der Waals surface area contributed by atoms with Crippen molar-refractivity contribution in [2.24, 2.45) is 0 Å². The van der Waals surface area contributed by atoms with E-state index in [2.05, 4.69) is 201 Å². The van der Waals surface area contributed by atoms with Crippen molar-refractivity contribution in [2.45, 2.75) is 75.2 Å². The number of hydrogen-bond donors (Lipinski definition) is 0. The Balaban J connectivity index is 0.000000930. The van der Waals surface area contributed by atoms with E-state index in [1.165, 1.54) is 77.1 Å². The quantitative estimate of drug-likeness (QED) is 0.0966. The average Bonchev–Trinajstić information content (AvgIpc) is 3.77. The summed E-state index contributed by atoms with van der Waals surface area (Å²) in [6, 6.07) is 38.4. The van der Waals surface area contributed by atoms with E-state index in [1.807, 2.05) is 52.8 Å². The van der Waals surface area contributed by atoms with E-state index in [-0.39, 0.29) is 13.5 Å². The van der Waals surface area contributed by atoms with Crippen LogP contribution in [0.15, 0.2) is 177 Å². The normalized spacial score (nSPS) is 11.7.